The van der Waals surface area contributed by atoms with Crippen LogP contribution in [0.4, 0.5) is 11.9 Å². The van der Waals surface area contributed by atoms with Crippen molar-refractivity contribution in [3.63, 3.8) is 0 Å². The van der Waals surface area contributed by atoms with E-state index >= 15 is 0 Å². The molecule has 0 aliphatic heterocycles. The number of nitrogens with one attached hydrogen (secondary N) is 2. The van der Waals surface area contributed by atoms with Crippen LogP contribution in [0.3, 0.4) is 0 Å². The van der Waals surface area contributed by atoms with Crippen LogP contribution in [0.25, 0.3) is 0 Å². The van der Waals surface area contributed by atoms with Gasteiger partial charge >= 0.3 is 6.01 Å². The van der Waals surface area contributed by atoms with Crippen molar-refractivity contribution in [3.8, 4) is 6.01 Å². The molecule has 1 atom stereocenters. The molecule has 0 saturated carbocycles. The van der Waals surface area contributed by atoms with E-state index in [1.165, 1.54) is 0 Å². The first-order chi connectivity index (χ1) is 9.72. The molecule has 0 aliphatic rings. The molecular formula is C13H18N6O. The third kappa shape index (κ3) is 3.53. The zero-order chi connectivity index (χ0) is 14.4. The highest BCUT2D eigenvalue weighted by Gasteiger charge is 2.10. The van der Waals surface area contributed by atoms with Crippen LogP contribution >= 0.6 is 0 Å². The molecule has 0 radical (unpaired) electrons. The van der Waals surface area contributed by atoms with Crippen LogP contribution in [0.2, 0.25) is 0 Å². The van der Waals surface area contributed by atoms with E-state index in [-0.39, 0.29) is 6.04 Å². The number of pyridine rings is 1. The highest BCUT2D eigenvalue weighted by molar-refractivity contribution is 5.37. The van der Waals surface area contributed by atoms with Gasteiger partial charge in [-0.1, -0.05) is 6.07 Å². The number of hydrogen-bond donors (Lipinski definition) is 2. The number of ether oxygens (including phenoxy) is 1. The summed E-state index contributed by atoms with van der Waals surface area (Å²) in [7, 11) is 1.75. The van der Waals surface area contributed by atoms with Crippen molar-refractivity contribution in [2.24, 2.45) is 0 Å². The minimum atomic E-state index is 0.0327. The molecule has 0 spiro atoms. The van der Waals surface area contributed by atoms with Crippen molar-refractivity contribution in [2.45, 2.75) is 19.9 Å². The maximum Gasteiger partial charge on any atom is 0.323 e. The first kappa shape index (κ1) is 14.0. The van der Waals surface area contributed by atoms with Crippen LogP contribution < -0.4 is 15.4 Å². The Morgan fingerprint density at radius 1 is 1.25 bits per heavy atom. The van der Waals surface area contributed by atoms with E-state index in [1.807, 2.05) is 26.0 Å². The van der Waals surface area contributed by atoms with E-state index in [0.29, 0.717) is 24.5 Å². The summed E-state index contributed by atoms with van der Waals surface area (Å²) in [6.45, 7) is 4.40. The van der Waals surface area contributed by atoms with Gasteiger partial charge in [0.25, 0.3) is 0 Å². The van der Waals surface area contributed by atoms with E-state index in [9.17, 15) is 0 Å². The Hall–Kier alpha value is -2.44. The Bertz CT molecular complexity index is 548. The lowest BCUT2D eigenvalue weighted by Gasteiger charge is -2.14. The van der Waals surface area contributed by atoms with Gasteiger partial charge in [0.05, 0.1) is 12.6 Å². The largest absolute Gasteiger partial charge is 0.464 e. The summed E-state index contributed by atoms with van der Waals surface area (Å²) in [6, 6.07) is 4.22. The zero-order valence-electron chi connectivity index (χ0n) is 11.8. The molecule has 0 saturated heterocycles. The second kappa shape index (κ2) is 6.65. The first-order valence-corrected chi connectivity index (χ1v) is 6.46. The predicted octanol–water partition coefficient (Wildman–Crippen LogP) is 1.88. The fraction of sp³-hybridized carbons (Fsp3) is 0.385. The summed E-state index contributed by atoms with van der Waals surface area (Å²) in [5, 5.41) is 6.09. The third-order valence-corrected chi connectivity index (χ3v) is 2.64. The van der Waals surface area contributed by atoms with Crippen molar-refractivity contribution >= 4 is 11.9 Å². The standard InChI is InChI=1S/C13H18N6O/c1-4-20-13-18-11(14-3)17-12(19-13)16-9(2)10-6-5-7-15-8-10/h5-9H,4H2,1-3H3,(H2,14,16,17,18,19). The third-order valence-electron chi connectivity index (χ3n) is 2.64. The Morgan fingerprint density at radius 3 is 2.70 bits per heavy atom. The van der Waals surface area contributed by atoms with Gasteiger partial charge in [0.1, 0.15) is 0 Å². The molecule has 1 unspecified atom stereocenters. The van der Waals surface area contributed by atoms with Gasteiger partial charge in [-0.3, -0.25) is 4.98 Å². The number of anilines is 2. The number of nitrogens with zero attached hydrogens (tertiary/aromatic N) is 4. The van der Waals surface area contributed by atoms with E-state index in [1.54, 1.807) is 19.4 Å². The first-order valence-electron chi connectivity index (χ1n) is 6.46. The normalized spacial score (nSPS) is 11.8. The molecule has 0 fully saturated rings. The van der Waals surface area contributed by atoms with Gasteiger partial charge in [-0.15, -0.1) is 0 Å². The lowest BCUT2D eigenvalue weighted by molar-refractivity contribution is 0.312. The van der Waals surface area contributed by atoms with E-state index in [4.69, 9.17) is 4.74 Å². The molecule has 0 amide bonds. The molecule has 0 bridgehead atoms. The molecule has 2 aromatic heterocycles. The summed E-state index contributed by atoms with van der Waals surface area (Å²) >= 11 is 0. The molecule has 0 aliphatic carbocycles. The van der Waals surface area contributed by atoms with Crippen LogP contribution in [0.15, 0.2) is 24.5 Å². The summed E-state index contributed by atoms with van der Waals surface area (Å²) in [5.41, 5.74) is 1.05. The average molecular weight is 274 g/mol. The molecule has 106 valence electrons. The van der Waals surface area contributed by atoms with Crippen molar-refractivity contribution < 1.29 is 4.74 Å². The summed E-state index contributed by atoms with van der Waals surface area (Å²) in [6.07, 6.45) is 3.55. The average Bonchev–Trinajstić information content (AvgIpc) is 2.48. The van der Waals surface area contributed by atoms with Gasteiger partial charge in [0.2, 0.25) is 11.9 Å². The fourth-order valence-corrected chi connectivity index (χ4v) is 1.64. The van der Waals surface area contributed by atoms with E-state index in [0.717, 1.165) is 5.56 Å². The Labute approximate surface area is 117 Å². The Kier molecular flexibility index (Phi) is 4.65. The summed E-state index contributed by atoms with van der Waals surface area (Å²) < 4.78 is 5.32. The summed E-state index contributed by atoms with van der Waals surface area (Å²) in [5.74, 6) is 0.925. The van der Waals surface area contributed by atoms with Gasteiger partial charge in [-0.2, -0.15) is 15.0 Å². The molecule has 0 aromatic carbocycles. The van der Waals surface area contributed by atoms with Crippen molar-refractivity contribution in [3.05, 3.63) is 30.1 Å². The molecular weight excluding hydrogens is 256 g/mol. The highest BCUT2D eigenvalue weighted by atomic mass is 16.5. The second-order valence-corrected chi connectivity index (χ2v) is 4.10. The molecule has 20 heavy (non-hydrogen) atoms. The quantitative estimate of drug-likeness (QED) is 0.831. The van der Waals surface area contributed by atoms with Gasteiger partial charge in [0, 0.05) is 19.4 Å². The molecule has 2 heterocycles. The van der Waals surface area contributed by atoms with Gasteiger partial charge < -0.3 is 15.4 Å². The lowest BCUT2D eigenvalue weighted by Crippen LogP contribution is -2.12. The van der Waals surface area contributed by atoms with Crippen molar-refractivity contribution in [1.29, 1.82) is 0 Å². The molecule has 2 N–H and O–H groups in total. The van der Waals surface area contributed by atoms with Crippen LogP contribution in [-0.4, -0.2) is 33.6 Å². The molecule has 2 aromatic rings. The van der Waals surface area contributed by atoms with Crippen LogP contribution in [0.5, 0.6) is 6.01 Å². The topological polar surface area (TPSA) is 84.9 Å². The monoisotopic (exact) mass is 274 g/mol. The van der Waals surface area contributed by atoms with Gasteiger partial charge in [-0.05, 0) is 25.5 Å². The minimum absolute atomic E-state index is 0.0327. The number of aromatic nitrogens is 4. The highest BCUT2D eigenvalue weighted by Crippen LogP contribution is 2.18. The smallest absolute Gasteiger partial charge is 0.323 e. The van der Waals surface area contributed by atoms with E-state index in [2.05, 4.69) is 30.6 Å². The van der Waals surface area contributed by atoms with E-state index < -0.39 is 0 Å². The van der Waals surface area contributed by atoms with Crippen molar-refractivity contribution in [1.82, 2.24) is 19.9 Å². The predicted molar refractivity (Wildman–Crippen MR) is 76.8 cm³/mol. The Morgan fingerprint density at radius 2 is 2.05 bits per heavy atom. The minimum Gasteiger partial charge on any atom is -0.464 e. The molecule has 7 nitrogen and oxygen atoms in total. The second-order valence-electron chi connectivity index (χ2n) is 4.10. The zero-order valence-corrected chi connectivity index (χ0v) is 11.8. The fourth-order valence-electron chi connectivity index (χ4n) is 1.64. The van der Waals surface area contributed by atoms with Gasteiger partial charge in [-0.25, -0.2) is 0 Å². The van der Waals surface area contributed by atoms with Crippen LogP contribution in [-0.2, 0) is 0 Å². The number of hydrogen-bond acceptors (Lipinski definition) is 7. The summed E-state index contributed by atoms with van der Waals surface area (Å²) in [4.78, 5) is 16.7. The van der Waals surface area contributed by atoms with Gasteiger partial charge in [0.15, 0.2) is 0 Å². The maximum absolute atomic E-state index is 5.32. The lowest BCUT2D eigenvalue weighted by atomic mass is 10.1. The molecule has 2 rings (SSSR count). The maximum atomic E-state index is 5.32. The molecule has 7 heteroatoms. The van der Waals surface area contributed by atoms with Crippen molar-refractivity contribution in [2.75, 3.05) is 24.3 Å². The Balaban J connectivity index is 2.17. The van der Waals surface area contributed by atoms with Crippen LogP contribution in [0, 0.1) is 0 Å². The number of rotatable bonds is 6. The van der Waals surface area contributed by atoms with Crippen LogP contribution in [0.1, 0.15) is 25.5 Å². The SMILES string of the molecule is CCOc1nc(NC)nc(NC(C)c2cccnc2)n1.